The van der Waals surface area contributed by atoms with Crippen molar-refractivity contribution < 1.29 is 28.7 Å². The summed E-state index contributed by atoms with van der Waals surface area (Å²) in [6, 6.07) is 12.9. The van der Waals surface area contributed by atoms with Gasteiger partial charge in [0.15, 0.2) is 0 Å². The van der Waals surface area contributed by atoms with Crippen LogP contribution in [0.3, 0.4) is 0 Å². The highest BCUT2D eigenvalue weighted by molar-refractivity contribution is 5.91. The zero-order chi connectivity index (χ0) is 41.3. The number of hydrogen-bond acceptors (Lipinski definition) is 9. The van der Waals surface area contributed by atoms with E-state index < -0.39 is 24.3 Å². The summed E-state index contributed by atoms with van der Waals surface area (Å²) < 4.78 is 9.76. The first-order chi connectivity index (χ1) is 29.3. The van der Waals surface area contributed by atoms with Crippen LogP contribution in [0.4, 0.5) is 9.59 Å². The lowest BCUT2D eigenvalue weighted by molar-refractivity contribution is -0.136. The lowest BCUT2D eigenvalue weighted by atomic mass is 9.96. The number of alkyl carbamates (subject to hydrolysis) is 2. The highest BCUT2D eigenvalue weighted by atomic mass is 16.5. The van der Waals surface area contributed by atoms with E-state index in [2.05, 4.69) is 57.0 Å². The van der Waals surface area contributed by atoms with E-state index in [1.165, 1.54) is 14.2 Å². The maximum Gasteiger partial charge on any atom is 0.407 e. The largest absolute Gasteiger partial charge is 0.453 e. The summed E-state index contributed by atoms with van der Waals surface area (Å²) in [5, 5.41) is 7.80. The number of hydrogen-bond donors (Lipinski definition) is 4. The summed E-state index contributed by atoms with van der Waals surface area (Å²) in [4.78, 5) is 77.7. The topological polar surface area (TPSA) is 188 Å². The minimum absolute atomic E-state index is 0.0677. The van der Waals surface area contributed by atoms with E-state index in [0.29, 0.717) is 13.1 Å². The highest BCUT2D eigenvalue weighted by Crippen LogP contribution is 2.38. The first-order valence-corrected chi connectivity index (χ1v) is 21.5. The van der Waals surface area contributed by atoms with E-state index in [4.69, 9.17) is 24.4 Å². The normalized spacial score (nSPS) is 20.8. The summed E-state index contributed by atoms with van der Waals surface area (Å²) in [7, 11) is 2.65. The molecule has 314 valence electrons. The van der Waals surface area contributed by atoms with Gasteiger partial charge >= 0.3 is 12.2 Å². The lowest BCUT2D eigenvalue weighted by Gasteiger charge is -2.31. The molecule has 5 heterocycles. The van der Waals surface area contributed by atoms with Crippen LogP contribution in [0.15, 0.2) is 54.9 Å². The van der Waals surface area contributed by atoms with Gasteiger partial charge in [0.25, 0.3) is 0 Å². The molecule has 4 amide bonds. The number of amides is 4. The molecule has 3 aromatic heterocycles. The summed E-state index contributed by atoms with van der Waals surface area (Å²) in [5.74, 6) is 1.52. The number of likely N-dealkylation sites (tertiary alicyclic amines) is 2. The molecule has 0 radical (unpaired) electrons. The average molecular weight is 816 g/mol. The molecule has 9 rings (SSSR count). The Balaban J connectivity index is 0.903. The maximum atomic E-state index is 14.0. The smallest absolute Gasteiger partial charge is 0.407 e. The summed E-state index contributed by atoms with van der Waals surface area (Å²) in [6.45, 7) is 1.22. The molecular weight excluding hydrogens is 763 g/mol. The molecule has 2 aliphatic carbocycles. The van der Waals surface area contributed by atoms with Crippen molar-refractivity contribution in [3.05, 3.63) is 66.5 Å². The average Bonchev–Trinajstić information content (AvgIpc) is 4.12. The van der Waals surface area contributed by atoms with E-state index in [1.807, 2.05) is 22.1 Å². The van der Waals surface area contributed by atoms with Gasteiger partial charge in [-0.05, 0) is 92.2 Å². The van der Waals surface area contributed by atoms with Crippen molar-refractivity contribution in [1.82, 2.24) is 45.4 Å². The van der Waals surface area contributed by atoms with E-state index in [-0.39, 0.29) is 35.7 Å². The Morgan fingerprint density at radius 1 is 0.650 bits per heavy atom. The van der Waals surface area contributed by atoms with Crippen molar-refractivity contribution in [3.63, 3.8) is 0 Å². The van der Waals surface area contributed by atoms with Gasteiger partial charge < -0.3 is 39.9 Å². The number of methoxy groups -OCH3 is 2. The number of nitrogens with one attached hydrogen (secondary N) is 4. The second-order valence-corrected chi connectivity index (χ2v) is 16.9. The molecule has 2 saturated heterocycles. The zero-order valence-corrected chi connectivity index (χ0v) is 34.2. The third-order valence-electron chi connectivity index (χ3n) is 13.3. The van der Waals surface area contributed by atoms with E-state index in [9.17, 15) is 19.2 Å². The van der Waals surface area contributed by atoms with Crippen LogP contribution in [0.5, 0.6) is 0 Å². The van der Waals surface area contributed by atoms with Crippen LogP contribution < -0.4 is 10.6 Å². The molecule has 2 aromatic carbocycles. The number of benzene rings is 2. The molecule has 4 atom stereocenters. The predicted molar refractivity (Wildman–Crippen MR) is 224 cm³/mol. The van der Waals surface area contributed by atoms with Crippen molar-refractivity contribution in [3.8, 4) is 22.5 Å². The van der Waals surface area contributed by atoms with Crippen LogP contribution >= 0.6 is 0 Å². The first kappa shape index (κ1) is 39.5. The van der Waals surface area contributed by atoms with Gasteiger partial charge in [-0.15, -0.1) is 0 Å². The van der Waals surface area contributed by atoms with E-state index in [1.54, 1.807) is 6.20 Å². The van der Waals surface area contributed by atoms with Crippen LogP contribution in [0.1, 0.15) is 101 Å². The number of nitrogens with zero attached hydrogens (tertiary/aromatic N) is 5. The fraction of sp³-hybridized carbons (Fsp3) is 0.489. The zero-order valence-electron chi connectivity index (χ0n) is 34.2. The molecular formula is C45H53N9O6. The Labute approximate surface area is 348 Å². The van der Waals surface area contributed by atoms with Crippen LogP contribution in [-0.4, -0.2) is 98.1 Å². The van der Waals surface area contributed by atoms with Gasteiger partial charge in [-0.3, -0.25) is 14.6 Å². The van der Waals surface area contributed by atoms with Crippen molar-refractivity contribution in [2.24, 2.45) is 11.8 Å². The minimum atomic E-state index is -0.613. The number of H-pyrrole nitrogens is 2. The Kier molecular flexibility index (Phi) is 11.1. The Morgan fingerprint density at radius 3 is 1.78 bits per heavy atom. The monoisotopic (exact) mass is 815 g/mol. The fourth-order valence-electron chi connectivity index (χ4n) is 10.2. The number of aromatic nitrogens is 5. The lowest BCUT2D eigenvalue weighted by Crippen LogP contribution is -2.51. The maximum absolute atomic E-state index is 14.0. The van der Waals surface area contributed by atoms with Gasteiger partial charge in [-0.1, -0.05) is 49.9 Å². The highest BCUT2D eigenvalue weighted by Gasteiger charge is 2.42. The molecule has 5 aromatic rings. The predicted octanol–water partition coefficient (Wildman–Crippen LogP) is 7.32. The fourth-order valence-corrected chi connectivity index (χ4v) is 10.2. The third-order valence-corrected chi connectivity index (χ3v) is 13.3. The van der Waals surface area contributed by atoms with Crippen molar-refractivity contribution in [2.75, 3.05) is 27.3 Å². The Bertz CT molecular complexity index is 2400. The van der Waals surface area contributed by atoms with Crippen molar-refractivity contribution in [2.45, 2.75) is 101 Å². The SMILES string of the molecule is COC(=O)NC(C(=O)N1CCCC1c1ncc(-c2ccc3cc(-c4cc5nc(C6CCCN6C(=O)C(NC(=O)OC)C6CCCC6)[nH]c5cn4)ccc3c2)[nH]1)C1CCCC1. The minimum Gasteiger partial charge on any atom is -0.453 e. The molecule has 4 N–H and O–H groups in total. The number of aromatic amines is 2. The van der Waals surface area contributed by atoms with Crippen molar-refractivity contribution in [1.29, 1.82) is 0 Å². The number of carbonyl (C=O) groups is 4. The summed E-state index contributed by atoms with van der Waals surface area (Å²) in [6.07, 6.45) is 13.6. The molecule has 15 nitrogen and oxygen atoms in total. The second-order valence-electron chi connectivity index (χ2n) is 16.9. The van der Waals surface area contributed by atoms with Crippen LogP contribution in [0.25, 0.3) is 44.3 Å². The van der Waals surface area contributed by atoms with Gasteiger partial charge in [-0.25, -0.2) is 19.6 Å². The quantitative estimate of drug-likeness (QED) is 0.112. The molecule has 15 heteroatoms. The van der Waals surface area contributed by atoms with Crippen LogP contribution in [-0.2, 0) is 19.1 Å². The van der Waals surface area contributed by atoms with Crippen LogP contribution in [0.2, 0.25) is 0 Å². The number of fused-ring (bicyclic) bond motifs is 2. The Hall–Kier alpha value is -5.99. The summed E-state index contributed by atoms with van der Waals surface area (Å²) >= 11 is 0. The molecule has 0 spiro atoms. The second kappa shape index (κ2) is 16.9. The third kappa shape index (κ3) is 7.77. The standard InChI is InChI=1S/C45H53N9O6/c1-59-44(57)51-38(26-9-3-4-10-26)42(55)53-19-7-13-36(53)40-47-24-34(49-40)31-18-16-28-21-30(17-15-29(28)22-31)32-23-33-35(25-46-32)50-41(48-33)37-14-8-20-54(37)43(56)39(52-45(58)60-2)27-11-5-6-12-27/h15-18,21-27,36-39H,3-14,19-20H2,1-2H3,(H,47,49)(H,48,50)(H,51,57)(H,52,58). The van der Waals surface area contributed by atoms with Gasteiger partial charge in [0.2, 0.25) is 11.8 Å². The molecule has 60 heavy (non-hydrogen) atoms. The summed E-state index contributed by atoms with van der Waals surface area (Å²) in [5.41, 5.74) is 5.18. The Morgan fingerprint density at radius 2 is 1.20 bits per heavy atom. The molecule has 4 aliphatic rings. The van der Waals surface area contributed by atoms with E-state index in [0.717, 1.165) is 133 Å². The number of pyridine rings is 1. The van der Waals surface area contributed by atoms with Gasteiger partial charge in [0, 0.05) is 24.2 Å². The van der Waals surface area contributed by atoms with Gasteiger partial charge in [-0.2, -0.15) is 0 Å². The first-order valence-electron chi connectivity index (χ1n) is 21.5. The molecule has 2 aliphatic heterocycles. The number of rotatable bonds is 10. The number of imidazole rings is 2. The molecule has 4 fully saturated rings. The molecule has 0 bridgehead atoms. The van der Waals surface area contributed by atoms with Gasteiger partial charge in [0.05, 0.1) is 61.1 Å². The number of carbonyl (C=O) groups excluding carboxylic acids is 4. The molecule has 4 unspecified atom stereocenters. The van der Waals surface area contributed by atoms with Crippen molar-refractivity contribution >= 4 is 45.8 Å². The number of ether oxygens (including phenoxy) is 2. The molecule has 2 saturated carbocycles. The van der Waals surface area contributed by atoms with E-state index >= 15 is 0 Å². The van der Waals surface area contributed by atoms with Gasteiger partial charge in [0.1, 0.15) is 23.7 Å². The van der Waals surface area contributed by atoms with Crippen LogP contribution in [0, 0.1) is 11.8 Å².